The molecule has 1 spiro atoms. The van der Waals surface area contributed by atoms with E-state index in [1.54, 1.807) is 18.2 Å². The molecule has 3 heterocycles. The molecule has 1 N–H and O–H groups in total. The Hall–Kier alpha value is -2.88. The van der Waals surface area contributed by atoms with Crippen LogP contribution in [0.1, 0.15) is 5.56 Å². The van der Waals surface area contributed by atoms with E-state index in [0.29, 0.717) is 40.3 Å². The number of halogens is 2. The van der Waals surface area contributed by atoms with Crippen LogP contribution in [0.3, 0.4) is 0 Å². The summed E-state index contributed by atoms with van der Waals surface area (Å²) in [6.07, 6.45) is 0. The van der Waals surface area contributed by atoms with Crippen molar-refractivity contribution in [1.82, 2.24) is 4.90 Å². The minimum absolute atomic E-state index is 0.261. The number of nitriles is 1. The highest BCUT2D eigenvalue weighted by Gasteiger charge is 2.73. The minimum atomic E-state index is -0.747. The van der Waals surface area contributed by atoms with E-state index in [4.69, 9.17) is 5.26 Å². The van der Waals surface area contributed by atoms with Gasteiger partial charge in [0.1, 0.15) is 18.6 Å². The predicted molar refractivity (Wildman–Crippen MR) is 116 cm³/mol. The van der Waals surface area contributed by atoms with Gasteiger partial charge in [0.2, 0.25) is 0 Å². The van der Waals surface area contributed by atoms with Gasteiger partial charge in [-0.05, 0) is 65.1 Å². The molecule has 2 bridgehead atoms. The molecule has 0 radical (unpaired) electrons. The third-order valence-electron chi connectivity index (χ3n) is 6.21. The fourth-order valence-electron chi connectivity index (χ4n) is 4.77. The van der Waals surface area contributed by atoms with Gasteiger partial charge in [-0.25, -0.2) is 18.6 Å². The summed E-state index contributed by atoms with van der Waals surface area (Å²) in [4.78, 5) is 43.0. The minimum Gasteiger partial charge on any atom is -0.321 e. The number of piperazine rings is 1. The van der Waals surface area contributed by atoms with Crippen LogP contribution in [0, 0.1) is 20.7 Å². The number of anilines is 2. The van der Waals surface area contributed by atoms with Crippen LogP contribution in [0.15, 0.2) is 42.5 Å². The number of urea groups is 1. The summed E-state index contributed by atoms with van der Waals surface area (Å²) in [5.74, 6) is -1.13. The van der Waals surface area contributed by atoms with E-state index in [1.807, 2.05) is 27.5 Å². The average molecular weight is 532 g/mol. The van der Waals surface area contributed by atoms with E-state index in [1.165, 1.54) is 24.3 Å². The Kier molecular flexibility index (Phi) is 4.58. The summed E-state index contributed by atoms with van der Waals surface area (Å²) in [5, 5.41) is 11.9. The van der Waals surface area contributed by atoms with Gasteiger partial charge in [-0.3, -0.25) is 9.59 Å². The Bertz CT molecular complexity index is 1180. The fourth-order valence-corrected chi connectivity index (χ4v) is 5.39. The molecule has 0 aromatic heterocycles. The van der Waals surface area contributed by atoms with Crippen LogP contribution >= 0.6 is 22.6 Å². The standard InChI is InChI=1S/C21H15FIN5O3/c22-13-2-4-14(5-3-13)25-19(29)17-9-26-10-18-20(30)27(21(31)28(17,18)11-26)15-6-1-12(8-24)16(23)7-15/h1-7,17-18H,9-11H2/p+1. The van der Waals surface area contributed by atoms with Gasteiger partial charge < -0.3 is 5.32 Å². The molecule has 8 nitrogen and oxygen atoms in total. The van der Waals surface area contributed by atoms with Gasteiger partial charge in [0, 0.05) is 9.26 Å². The predicted octanol–water partition coefficient (Wildman–Crippen LogP) is 2.25. The molecule has 4 atom stereocenters. The third-order valence-corrected chi connectivity index (χ3v) is 7.10. The Morgan fingerprint density at radius 1 is 1.19 bits per heavy atom. The zero-order chi connectivity index (χ0) is 21.9. The maximum atomic E-state index is 13.6. The number of nitrogens with one attached hydrogen (secondary N) is 1. The molecular formula is C21H16FIN5O3+. The van der Waals surface area contributed by atoms with Crippen molar-refractivity contribution >= 4 is 51.8 Å². The second kappa shape index (κ2) is 7.08. The molecule has 2 aromatic carbocycles. The van der Waals surface area contributed by atoms with Gasteiger partial charge in [-0.2, -0.15) is 10.2 Å². The van der Waals surface area contributed by atoms with Crippen LogP contribution in [-0.4, -0.2) is 59.1 Å². The Labute approximate surface area is 190 Å². The number of quaternary nitrogens is 1. The zero-order valence-corrected chi connectivity index (χ0v) is 18.2. The number of nitrogens with zero attached hydrogens (tertiary/aromatic N) is 4. The maximum Gasteiger partial charge on any atom is 0.433 e. The largest absolute Gasteiger partial charge is 0.433 e. The molecule has 31 heavy (non-hydrogen) atoms. The van der Waals surface area contributed by atoms with Gasteiger partial charge in [0.05, 0.1) is 24.3 Å². The molecule has 5 rings (SSSR count). The molecular weight excluding hydrogens is 516 g/mol. The van der Waals surface area contributed by atoms with E-state index < -0.39 is 23.9 Å². The first-order valence-electron chi connectivity index (χ1n) is 9.59. The van der Waals surface area contributed by atoms with E-state index >= 15 is 0 Å². The van der Waals surface area contributed by atoms with Crippen LogP contribution in [-0.2, 0) is 9.59 Å². The van der Waals surface area contributed by atoms with E-state index in [2.05, 4.69) is 11.4 Å². The van der Waals surface area contributed by atoms with Crippen LogP contribution in [0.25, 0.3) is 0 Å². The van der Waals surface area contributed by atoms with Crippen molar-refractivity contribution in [2.45, 2.75) is 12.1 Å². The van der Waals surface area contributed by atoms with E-state index in [9.17, 15) is 18.8 Å². The Morgan fingerprint density at radius 2 is 1.94 bits per heavy atom. The van der Waals surface area contributed by atoms with Crippen molar-refractivity contribution in [1.29, 1.82) is 5.26 Å². The van der Waals surface area contributed by atoms with Gasteiger partial charge in [-0.15, -0.1) is 0 Å². The number of hydrogen-bond donors (Lipinski definition) is 1. The summed E-state index contributed by atoms with van der Waals surface area (Å²) >= 11 is 2.00. The SMILES string of the molecule is N#Cc1ccc(N2C(=O)C3CN4CC(C(=O)Nc5ccc(F)cc5)[N+]3(C4)C2=O)cc1I. The van der Waals surface area contributed by atoms with Crippen molar-refractivity contribution in [3.8, 4) is 6.07 Å². The molecule has 156 valence electrons. The van der Waals surface area contributed by atoms with Crippen molar-refractivity contribution in [2.75, 3.05) is 30.0 Å². The zero-order valence-electron chi connectivity index (χ0n) is 16.1. The van der Waals surface area contributed by atoms with Crippen LogP contribution in [0.4, 0.5) is 20.6 Å². The van der Waals surface area contributed by atoms with Crippen LogP contribution in [0.2, 0.25) is 0 Å². The van der Waals surface area contributed by atoms with Crippen LogP contribution in [0.5, 0.6) is 0 Å². The summed E-state index contributed by atoms with van der Waals surface area (Å²) < 4.78 is 13.5. The lowest BCUT2D eigenvalue weighted by molar-refractivity contribution is -0.852. The summed E-state index contributed by atoms with van der Waals surface area (Å²) in [5.41, 5.74) is 1.29. The van der Waals surface area contributed by atoms with Crippen molar-refractivity contribution < 1.29 is 23.3 Å². The van der Waals surface area contributed by atoms with Gasteiger partial charge in [0.25, 0.3) is 11.8 Å². The molecule has 3 aliphatic rings. The number of fused-ring (bicyclic) bond motifs is 1. The molecule has 2 aromatic rings. The molecule has 3 saturated heterocycles. The van der Waals surface area contributed by atoms with E-state index in [0.717, 1.165) is 4.90 Å². The number of carbonyl (C=O) groups is 3. The average Bonchev–Trinajstić information content (AvgIpc) is 3.38. The molecule has 0 aliphatic carbocycles. The lowest BCUT2D eigenvalue weighted by atomic mass is 10.1. The molecule has 4 amide bonds. The third kappa shape index (κ3) is 2.88. The normalized spacial score (nSPS) is 28.5. The molecule has 3 aliphatic heterocycles. The first kappa shape index (κ1) is 20.0. The first-order chi connectivity index (χ1) is 14.8. The molecule has 0 saturated carbocycles. The fraction of sp³-hybridized carbons (Fsp3) is 0.238. The Balaban J connectivity index is 1.47. The highest BCUT2D eigenvalue weighted by molar-refractivity contribution is 14.1. The van der Waals surface area contributed by atoms with Gasteiger partial charge in [-0.1, -0.05) is 0 Å². The first-order valence-corrected chi connectivity index (χ1v) is 10.7. The maximum absolute atomic E-state index is 13.6. The summed E-state index contributed by atoms with van der Waals surface area (Å²) in [6, 6.07) is 10.4. The van der Waals surface area contributed by atoms with Crippen LogP contribution < -0.4 is 10.2 Å². The van der Waals surface area contributed by atoms with Crippen molar-refractivity contribution in [3.05, 3.63) is 57.4 Å². The smallest absolute Gasteiger partial charge is 0.321 e. The highest BCUT2D eigenvalue weighted by atomic mass is 127. The number of hydrogen-bond acceptors (Lipinski definition) is 5. The lowest BCUT2D eigenvalue weighted by Gasteiger charge is -2.32. The quantitative estimate of drug-likeness (QED) is 0.372. The Morgan fingerprint density at radius 3 is 2.61 bits per heavy atom. The highest BCUT2D eigenvalue weighted by Crippen LogP contribution is 2.43. The van der Waals surface area contributed by atoms with Crippen molar-refractivity contribution in [3.63, 3.8) is 0 Å². The summed E-state index contributed by atoms with van der Waals surface area (Å²) in [6.45, 7) is 1.07. The second-order valence-corrected chi connectivity index (χ2v) is 9.03. The number of benzene rings is 2. The lowest BCUT2D eigenvalue weighted by Crippen LogP contribution is -2.63. The monoisotopic (exact) mass is 532 g/mol. The molecule has 4 unspecified atom stereocenters. The van der Waals surface area contributed by atoms with Crippen molar-refractivity contribution in [2.24, 2.45) is 0 Å². The molecule has 3 fully saturated rings. The van der Waals surface area contributed by atoms with Gasteiger partial charge >= 0.3 is 6.03 Å². The molecule has 10 heteroatoms. The number of amides is 4. The number of rotatable bonds is 3. The topological polar surface area (TPSA) is 93.5 Å². The van der Waals surface area contributed by atoms with E-state index in [-0.39, 0.29) is 16.3 Å². The second-order valence-electron chi connectivity index (χ2n) is 7.87. The van der Waals surface area contributed by atoms with Gasteiger partial charge in [0.15, 0.2) is 12.1 Å². The number of carbonyl (C=O) groups excluding carboxylic acids is 3. The number of imide groups is 1. The summed E-state index contributed by atoms with van der Waals surface area (Å²) in [7, 11) is 0.